The van der Waals surface area contributed by atoms with Gasteiger partial charge in [-0.2, -0.15) is 0 Å². The fourth-order valence-corrected chi connectivity index (χ4v) is 3.73. The molecule has 0 saturated carbocycles. The highest BCUT2D eigenvalue weighted by Crippen LogP contribution is 2.24. The van der Waals surface area contributed by atoms with Crippen molar-refractivity contribution in [3.63, 3.8) is 0 Å². The lowest BCUT2D eigenvalue weighted by atomic mass is 10.2. The number of nitrogens with one attached hydrogen (secondary N) is 2. The smallest absolute Gasteiger partial charge is 0.271 e. The number of aromatic nitrogens is 3. The average Bonchev–Trinajstić information content (AvgIpc) is 2.82. The molecule has 0 aliphatic heterocycles. The van der Waals surface area contributed by atoms with Crippen LogP contribution in [0.1, 0.15) is 35.0 Å². The van der Waals surface area contributed by atoms with Gasteiger partial charge in [-0.15, -0.1) is 0 Å². The summed E-state index contributed by atoms with van der Waals surface area (Å²) < 4.78 is 33.7. The van der Waals surface area contributed by atoms with Crippen LogP contribution >= 0.6 is 0 Å². The number of aliphatic hydroxyl groups excluding tert-OH is 1. The van der Waals surface area contributed by atoms with Gasteiger partial charge in [0.2, 0.25) is 5.82 Å². The summed E-state index contributed by atoms with van der Waals surface area (Å²) in [5.74, 6) is -0.896. The fourth-order valence-electron chi connectivity index (χ4n) is 2.73. The normalized spacial score (nSPS) is 12.1. The van der Waals surface area contributed by atoms with Gasteiger partial charge < -0.3 is 15.2 Å². The van der Waals surface area contributed by atoms with E-state index < -0.39 is 22.0 Å². The summed E-state index contributed by atoms with van der Waals surface area (Å²) in [6.45, 7) is 3.47. The van der Waals surface area contributed by atoms with Gasteiger partial charge in [-0.3, -0.25) is 14.5 Å². The molecule has 1 unspecified atom stereocenters. The highest BCUT2D eigenvalue weighted by molar-refractivity contribution is 7.92. The predicted octanol–water partition coefficient (Wildman–Crippen LogP) is 2.06. The van der Waals surface area contributed by atoms with Crippen molar-refractivity contribution in [1.82, 2.24) is 20.3 Å². The number of amides is 1. The Bertz CT molecular complexity index is 1180. The standard InChI is InChI=1S/C22H25N5O5S/c1-3-17(13-28)25-21(29)19-12-24-20(22(26-19)32-14-16-5-4-10-23-11-16)27-33(30,31)18-8-6-15(2)7-9-18/h4-12,17,28H,3,13-14H2,1-2H3,(H,24,27)(H,25,29). The minimum absolute atomic E-state index is 0.0288. The molecule has 0 saturated heterocycles. The molecule has 2 heterocycles. The SMILES string of the molecule is CCC(CO)NC(=O)c1cnc(NS(=O)(=O)c2ccc(C)cc2)c(OCc2cccnc2)n1. The van der Waals surface area contributed by atoms with E-state index in [2.05, 4.69) is 25.0 Å². The van der Waals surface area contributed by atoms with E-state index in [0.717, 1.165) is 11.8 Å². The summed E-state index contributed by atoms with van der Waals surface area (Å²) in [6.07, 6.45) is 4.87. The van der Waals surface area contributed by atoms with Gasteiger partial charge in [0.05, 0.1) is 23.7 Å². The van der Waals surface area contributed by atoms with E-state index in [9.17, 15) is 18.3 Å². The highest BCUT2D eigenvalue weighted by atomic mass is 32.2. The van der Waals surface area contributed by atoms with Crippen LogP contribution < -0.4 is 14.8 Å². The van der Waals surface area contributed by atoms with Gasteiger partial charge in [-0.25, -0.2) is 18.4 Å². The molecule has 0 fully saturated rings. The van der Waals surface area contributed by atoms with Crippen molar-refractivity contribution in [2.45, 2.75) is 37.8 Å². The van der Waals surface area contributed by atoms with E-state index in [4.69, 9.17) is 4.74 Å². The third kappa shape index (κ3) is 6.46. The molecule has 1 atom stereocenters. The molecule has 0 spiro atoms. The van der Waals surface area contributed by atoms with Crippen LogP contribution in [0.5, 0.6) is 5.88 Å². The summed E-state index contributed by atoms with van der Waals surface area (Å²) in [6, 6.07) is 9.37. The fraction of sp³-hybridized carbons (Fsp3) is 0.273. The first-order chi connectivity index (χ1) is 15.8. The first-order valence-corrected chi connectivity index (χ1v) is 11.7. The number of rotatable bonds is 10. The lowest BCUT2D eigenvalue weighted by molar-refractivity contribution is 0.0908. The maximum atomic E-state index is 12.8. The van der Waals surface area contributed by atoms with Crippen LogP contribution in [-0.4, -0.2) is 47.0 Å². The van der Waals surface area contributed by atoms with Crippen LogP contribution in [0.25, 0.3) is 0 Å². The summed E-state index contributed by atoms with van der Waals surface area (Å²) in [4.78, 5) is 24.8. The van der Waals surface area contributed by atoms with E-state index in [0.29, 0.717) is 12.0 Å². The van der Waals surface area contributed by atoms with Gasteiger partial charge in [0.25, 0.3) is 21.8 Å². The molecule has 0 aliphatic carbocycles. The van der Waals surface area contributed by atoms with E-state index in [1.54, 1.807) is 36.7 Å². The molecule has 174 valence electrons. The van der Waals surface area contributed by atoms with Crippen molar-refractivity contribution >= 4 is 21.7 Å². The molecule has 11 heteroatoms. The number of aryl methyl sites for hydroxylation is 1. The lowest BCUT2D eigenvalue weighted by Crippen LogP contribution is -2.37. The summed E-state index contributed by atoms with van der Waals surface area (Å²) in [5, 5.41) is 12.0. The van der Waals surface area contributed by atoms with Crippen molar-refractivity contribution in [3.05, 3.63) is 71.8 Å². The zero-order valence-electron chi connectivity index (χ0n) is 18.2. The Morgan fingerprint density at radius 2 is 1.94 bits per heavy atom. The third-order valence-electron chi connectivity index (χ3n) is 4.68. The molecule has 3 N–H and O–H groups in total. The topological polar surface area (TPSA) is 143 Å². The zero-order chi connectivity index (χ0) is 23.8. The third-order valence-corrected chi connectivity index (χ3v) is 6.04. The number of nitrogens with zero attached hydrogens (tertiary/aromatic N) is 3. The molecule has 2 aromatic heterocycles. The van der Waals surface area contributed by atoms with Gasteiger partial charge >= 0.3 is 0 Å². The zero-order valence-corrected chi connectivity index (χ0v) is 19.0. The number of aliphatic hydroxyl groups is 1. The minimum Gasteiger partial charge on any atom is -0.470 e. The van der Waals surface area contributed by atoms with Crippen molar-refractivity contribution < 1.29 is 23.1 Å². The number of ether oxygens (including phenoxy) is 1. The molecular formula is C22H25N5O5S. The Balaban J connectivity index is 1.90. The van der Waals surface area contributed by atoms with Crippen LogP contribution in [0, 0.1) is 6.92 Å². The minimum atomic E-state index is -3.97. The van der Waals surface area contributed by atoms with Crippen molar-refractivity contribution in [3.8, 4) is 5.88 Å². The molecule has 10 nitrogen and oxygen atoms in total. The van der Waals surface area contributed by atoms with Crippen LogP contribution in [0.3, 0.4) is 0 Å². The van der Waals surface area contributed by atoms with Crippen LogP contribution in [-0.2, 0) is 16.6 Å². The van der Waals surface area contributed by atoms with E-state index in [1.807, 2.05) is 13.8 Å². The van der Waals surface area contributed by atoms with Crippen molar-refractivity contribution in [2.24, 2.45) is 0 Å². The number of pyridine rings is 1. The number of hydrogen-bond acceptors (Lipinski definition) is 8. The maximum Gasteiger partial charge on any atom is 0.271 e. The molecule has 33 heavy (non-hydrogen) atoms. The number of benzene rings is 1. The monoisotopic (exact) mass is 471 g/mol. The Morgan fingerprint density at radius 1 is 1.18 bits per heavy atom. The van der Waals surface area contributed by atoms with Crippen molar-refractivity contribution in [1.29, 1.82) is 0 Å². The quantitative estimate of drug-likeness (QED) is 0.408. The number of carbonyl (C=O) groups is 1. The number of sulfonamides is 1. The molecule has 3 aromatic rings. The second-order valence-electron chi connectivity index (χ2n) is 7.24. The maximum absolute atomic E-state index is 12.8. The first-order valence-electron chi connectivity index (χ1n) is 10.2. The second-order valence-corrected chi connectivity index (χ2v) is 8.92. The van der Waals surface area contributed by atoms with Crippen LogP contribution in [0.15, 0.2) is 59.9 Å². The van der Waals surface area contributed by atoms with Gasteiger partial charge in [0, 0.05) is 18.0 Å². The predicted molar refractivity (Wildman–Crippen MR) is 121 cm³/mol. The van der Waals surface area contributed by atoms with E-state index in [1.165, 1.54) is 12.1 Å². The molecule has 1 aromatic carbocycles. The lowest BCUT2D eigenvalue weighted by Gasteiger charge is -2.15. The number of anilines is 1. The summed E-state index contributed by atoms with van der Waals surface area (Å²) in [5.41, 5.74) is 1.55. The molecule has 3 rings (SSSR count). The molecular weight excluding hydrogens is 446 g/mol. The van der Waals surface area contributed by atoms with Gasteiger partial charge in [-0.1, -0.05) is 30.7 Å². The highest BCUT2D eigenvalue weighted by Gasteiger charge is 2.21. The van der Waals surface area contributed by atoms with E-state index >= 15 is 0 Å². The molecule has 0 bridgehead atoms. The van der Waals surface area contributed by atoms with Crippen LogP contribution in [0.2, 0.25) is 0 Å². The Kier molecular flexibility index (Phi) is 7.91. The van der Waals surface area contributed by atoms with E-state index in [-0.39, 0.29) is 35.5 Å². The Morgan fingerprint density at radius 3 is 2.58 bits per heavy atom. The summed E-state index contributed by atoms with van der Waals surface area (Å²) in [7, 11) is -3.97. The number of carbonyl (C=O) groups excluding carboxylic acids is 1. The second kappa shape index (κ2) is 10.8. The van der Waals surface area contributed by atoms with Gasteiger partial charge in [0.15, 0.2) is 5.69 Å². The Hall–Kier alpha value is -3.57. The number of hydrogen-bond donors (Lipinski definition) is 3. The van der Waals surface area contributed by atoms with Crippen LogP contribution in [0.4, 0.5) is 5.82 Å². The first kappa shape index (κ1) is 24.1. The molecule has 0 radical (unpaired) electrons. The molecule has 0 aliphatic rings. The molecule has 1 amide bonds. The van der Waals surface area contributed by atoms with Crippen molar-refractivity contribution in [2.75, 3.05) is 11.3 Å². The summed E-state index contributed by atoms with van der Waals surface area (Å²) >= 11 is 0. The largest absolute Gasteiger partial charge is 0.470 e. The average molecular weight is 472 g/mol. The van der Waals surface area contributed by atoms with Gasteiger partial charge in [-0.05, 0) is 31.5 Å². The Labute approximate surface area is 192 Å². The van der Waals surface area contributed by atoms with Gasteiger partial charge in [0.1, 0.15) is 6.61 Å².